The van der Waals surface area contributed by atoms with E-state index in [1.165, 1.54) is 0 Å². The van der Waals surface area contributed by atoms with Crippen LogP contribution in [0.4, 0.5) is 0 Å². The van der Waals surface area contributed by atoms with Gasteiger partial charge in [-0.15, -0.1) is 0 Å². The maximum Gasteiger partial charge on any atom is 2.00 e. The molecule has 0 aliphatic heterocycles. The van der Waals surface area contributed by atoms with Crippen LogP contribution in [0.3, 0.4) is 0 Å². The van der Waals surface area contributed by atoms with E-state index >= 15 is 0 Å². The minimum absolute atomic E-state index is 0. The third kappa shape index (κ3) is 9.17. The Labute approximate surface area is 65.4 Å². The molecule has 0 rings (SSSR count). The fraction of sp³-hybridized carbons (Fsp3) is 0. The molecule has 0 atom stereocenters. The van der Waals surface area contributed by atoms with Crippen molar-refractivity contribution in [3.05, 3.63) is 7.43 Å². The summed E-state index contributed by atoms with van der Waals surface area (Å²) in [5, 5.41) is 0. The minimum atomic E-state index is 0. The molecule has 0 bridgehead atoms. The summed E-state index contributed by atoms with van der Waals surface area (Å²) < 4.78 is 0. The smallest absolute Gasteiger partial charge is 1.00 e. The molecule has 0 spiro atoms. The van der Waals surface area contributed by atoms with Crippen molar-refractivity contribution in [1.29, 1.82) is 0 Å². The molecule has 0 fully saturated rings. The molecule has 4 heavy (non-hydrogen) atoms. The van der Waals surface area contributed by atoms with Crippen LogP contribution in [0, 0.1) is 7.43 Å². The Morgan fingerprint density at radius 2 is 1.00 bits per heavy atom. The van der Waals surface area contributed by atoms with Crippen molar-refractivity contribution in [2.24, 2.45) is 0 Å². The Morgan fingerprint density at radius 3 is 1.00 bits per heavy atom. The second kappa shape index (κ2) is 21.2. The van der Waals surface area contributed by atoms with Crippen LogP contribution in [-0.2, 0) is 0 Å². The predicted octanol–water partition coefficient (Wildman–Crippen LogP) is -3.31. The van der Waals surface area contributed by atoms with Gasteiger partial charge in [-0.2, -0.15) is 0 Å². The minimum Gasteiger partial charge on any atom is -1.00 e. The van der Waals surface area contributed by atoms with Crippen molar-refractivity contribution in [3.8, 4) is 0 Å². The Hall–Kier alpha value is 1.82. The van der Waals surface area contributed by atoms with Crippen molar-refractivity contribution >= 4 is 46.1 Å². The first kappa shape index (κ1) is 40.8. The monoisotopic (exact) mass is 98.0 g/mol. The zero-order valence-electron chi connectivity index (χ0n) is 2.79. The molecule has 0 heterocycles. The second-order valence-electron chi connectivity index (χ2n) is 0. The van der Waals surface area contributed by atoms with Crippen molar-refractivity contribution in [2.75, 3.05) is 0 Å². The zero-order valence-corrected chi connectivity index (χ0v) is 6.38. The van der Waals surface area contributed by atoms with Gasteiger partial charge in [0.15, 0.2) is 0 Å². The van der Waals surface area contributed by atoms with Crippen LogP contribution in [-0.4, -0.2) is 46.1 Å². The first-order valence-corrected chi connectivity index (χ1v) is 0. The Kier molecular flexibility index (Phi) is 216. The molecule has 0 amide bonds. The van der Waals surface area contributed by atoms with Crippen molar-refractivity contribution < 1.29 is 12.4 Å². The molecule has 0 aromatic rings. The topological polar surface area (TPSA) is 0 Å². The molecule has 0 aliphatic carbocycles. The maximum absolute atomic E-state index is 0. The zero-order chi connectivity index (χ0) is 0. The molecule has 0 nitrogen and oxygen atoms in total. The van der Waals surface area contributed by atoms with E-state index in [0.29, 0.717) is 0 Å². The molecule has 0 saturated heterocycles. The second-order valence-corrected chi connectivity index (χ2v) is 0. The van der Waals surface area contributed by atoms with Gasteiger partial charge in [-0.1, -0.05) is 0 Å². The van der Waals surface area contributed by atoms with Crippen LogP contribution in [0.1, 0.15) is 0 Å². The molecule has 0 aromatic carbocycles. The molecule has 0 N–H and O–H groups in total. The van der Waals surface area contributed by atoms with Crippen LogP contribution >= 0.6 is 0 Å². The third-order valence-corrected chi connectivity index (χ3v) is 0. The summed E-state index contributed by atoms with van der Waals surface area (Å²) >= 11 is 0. The molecular weight excluding hydrogens is 96.1 g/mol. The van der Waals surface area contributed by atoms with Crippen LogP contribution < -0.4 is 12.4 Å². The predicted molar refractivity (Wildman–Crippen MR) is 17.9 cm³/mol. The number of hydrogen-bond donors (Lipinski definition) is 0. The number of rotatable bonds is 0. The van der Waals surface area contributed by atoms with E-state index in [-0.39, 0.29) is 65.9 Å². The number of hydrogen-bond acceptors (Lipinski definition) is 0. The van der Waals surface area contributed by atoms with Gasteiger partial charge in [0.2, 0.25) is 0 Å². The molecule has 0 unspecified atom stereocenters. The SMILES string of the molecule is [CH3-].[Cl-].[Mg+2].[Mg]. The van der Waals surface area contributed by atoms with Crippen molar-refractivity contribution in [1.82, 2.24) is 0 Å². The van der Waals surface area contributed by atoms with Crippen LogP contribution in [0.25, 0.3) is 0 Å². The van der Waals surface area contributed by atoms with Crippen LogP contribution in [0.15, 0.2) is 0 Å². The molecule has 2 radical (unpaired) electrons. The summed E-state index contributed by atoms with van der Waals surface area (Å²) in [6.07, 6.45) is 0. The Morgan fingerprint density at radius 1 is 1.00 bits per heavy atom. The summed E-state index contributed by atoms with van der Waals surface area (Å²) in [4.78, 5) is 0. The van der Waals surface area contributed by atoms with Gasteiger partial charge >= 0.3 is 23.1 Å². The molecule has 0 aromatic heterocycles. The van der Waals surface area contributed by atoms with Gasteiger partial charge in [-0.25, -0.2) is 0 Å². The van der Waals surface area contributed by atoms with E-state index in [4.69, 9.17) is 0 Å². The number of halogens is 1. The van der Waals surface area contributed by atoms with Gasteiger partial charge in [0.25, 0.3) is 0 Å². The van der Waals surface area contributed by atoms with E-state index < -0.39 is 0 Å². The van der Waals surface area contributed by atoms with Crippen molar-refractivity contribution in [3.63, 3.8) is 0 Å². The van der Waals surface area contributed by atoms with E-state index in [0.717, 1.165) is 0 Å². The van der Waals surface area contributed by atoms with Crippen molar-refractivity contribution in [2.45, 2.75) is 0 Å². The molecule has 0 saturated carbocycles. The first-order chi connectivity index (χ1) is 0. The average molecular weight is 99.1 g/mol. The van der Waals surface area contributed by atoms with Gasteiger partial charge < -0.3 is 19.8 Å². The summed E-state index contributed by atoms with van der Waals surface area (Å²) in [5.41, 5.74) is 0. The Bertz CT molecular complexity index is 6.00. The van der Waals surface area contributed by atoms with Crippen LogP contribution in [0.5, 0.6) is 0 Å². The molecule has 0 aliphatic rings. The molecule has 18 valence electrons. The van der Waals surface area contributed by atoms with E-state index in [9.17, 15) is 0 Å². The molecular formula is CH3ClMg2. The van der Waals surface area contributed by atoms with Gasteiger partial charge in [-0.3, -0.25) is 0 Å². The van der Waals surface area contributed by atoms with Crippen LogP contribution in [0.2, 0.25) is 0 Å². The van der Waals surface area contributed by atoms with E-state index in [2.05, 4.69) is 0 Å². The molecule has 3 heteroatoms. The summed E-state index contributed by atoms with van der Waals surface area (Å²) in [6.45, 7) is 0. The van der Waals surface area contributed by atoms with E-state index in [1.807, 2.05) is 0 Å². The third-order valence-electron chi connectivity index (χ3n) is 0. The normalized spacial score (nSPS) is 0. The average Bonchev–Trinajstić information content (AvgIpc) is 0. The van der Waals surface area contributed by atoms with Gasteiger partial charge in [0, 0.05) is 23.1 Å². The Balaban J connectivity index is 0. The summed E-state index contributed by atoms with van der Waals surface area (Å²) in [7, 11) is 0. The van der Waals surface area contributed by atoms with Gasteiger partial charge in [0.1, 0.15) is 0 Å². The van der Waals surface area contributed by atoms with Gasteiger partial charge in [-0.05, 0) is 0 Å². The fourth-order valence-corrected chi connectivity index (χ4v) is 0. The maximum atomic E-state index is 0. The first-order valence-electron chi connectivity index (χ1n) is 0. The summed E-state index contributed by atoms with van der Waals surface area (Å²) in [6, 6.07) is 0. The summed E-state index contributed by atoms with van der Waals surface area (Å²) in [5.74, 6) is 0. The largest absolute Gasteiger partial charge is 2.00 e. The fourth-order valence-electron chi connectivity index (χ4n) is 0. The van der Waals surface area contributed by atoms with E-state index in [1.54, 1.807) is 0 Å². The quantitative estimate of drug-likeness (QED) is 0.220. The standard InChI is InChI=1S/CH3.ClH.2Mg/h1H3;1H;;/q-1;;;+2/p-1. The van der Waals surface area contributed by atoms with Gasteiger partial charge in [0.05, 0.1) is 0 Å².